The van der Waals surface area contributed by atoms with E-state index in [1.807, 2.05) is 0 Å². The second kappa shape index (κ2) is 1.28. The molecule has 0 amide bonds. The van der Waals surface area contributed by atoms with Crippen molar-refractivity contribution in [2.75, 3.05) is 13.8 Å². The minimum atomic E-state index is 0.349. The lowest BCUT2D eigenvalue weighted by Gasteiger charge is -2.20. The summed E-state index contributed by atoms with van der Waals surface area (Å²) in [6, 6.07) is 0. The maximum atomic E-state index is 5.77. The summed E-state index contributed by atoms with van der Waals surface area (Å²) in [6.45, 7) is 0.875. The van der Waals surface area contributed by atoms with E-state index in [0.29, 0.717) is 11.1 Å². The normalized spacial score (nSPS) is 39.3. The zero-order valence-corrected chi connectivity index (χ0v) is 6.39. The first-order valence-electron chi connectivity index (χ1n) is 4.14. The molecule has 1 heterocycles. The van der Waals surface area contributed by atoms with E-state index < -0.39 is 0 Å². The predicted octanol–water partition coefficient (Wildman–Crippen LogP) is 0.971. The number of fused-ring (bicyclic) bond motifs is 1. The van der Waals surface area contributed by atoms with Crippen molar-refractivity contribution in [3.05, 3.63) is 0 Å². The van der Waals surface area contributed by atoms with Crippen LogP contribution in [0, 0.1) is 0 Å². The Hall–Kier alpha value is -0.0800. The maximum absolute atomic E-state index is 5.77. The van der Waals surface area contributed by atoms with Gasteiger partial charge in [-0.25, -0.2) is 0 Å². The Morgan fingerprint density at radius 3 is 2.30 bits per heavy atom. The van der Waals surface area contributed by atoms with Gasteiger partial charge in [-0.15, -0.1) is 0 Å². The lowest BCUT2D eigenvalue weighted by molar-refractivity contribution is 0.0728. The molecule has 2 spiro atoms. The van der Waals surface area contributed by atoms with Crippen molar-refractivity contribution in [2.24, 2.45) is 0 Å². The monoisotopic (exact) mass is 139 g/mol. The van der Waals surface area contributed by atoms with Crippen molar-refractivity contribution in [2.45, 2.75) is 36.8 Å². The lowest BCUT2D eigenvalue weighted by atomic mass is 10.1. The summed E-state index contributed by atoms with van der Waals surface area (Å²) >= 11 is 0. The minimum absolute atomic E-state index is 0.349. The third kappa shape index (κ3) is 0.397. The van der Waals surface area contributed by atoms with E-state index in [9.17, 15) is 0 Å². The second-order valence-electron chi connectivity index (χ2n) is 4.00. The molecule has 2 aliphatic carbocycles. The number of hydrogen-bond acceptors (Lipinski definition) is 2. The van der Waals surface area contributed by atoms with Gasteiger partial charge in [0.1, 0.15) is 6.73 Å². The molecular weight excluding hydrogens is 126 g/mol. The fourth-order valence-electron chi connectivity index (χ4n) is 2.51. The van der Waals surface area contributed by atoms with Gasteiger partial charge < -0.3 is 4.74 Å². The minimum Gasteiger partial charge on any atom is -0.358 e. The Morgan fingerprint density at radius 1 is 1.20 bits per heavy atom. The molecule has 1 saturated heterocycles. The fourth-order valence-corrected chi connectivity index (χ4v) is 2.51. The standard InChI is InChI=1S/C8H13NO/c1-9-6-10-8(4-5-8)7(9)2-3-7/h2-6H2,1H3. The third-order valence-electron chi connectivity index (χ3n) is 3.54. The maximum Gasteiger partial charge on any atom is 0.100 e. The molecule has 0 radical (unpaired) electrons. The molecule has 2 saturated carbocycles. The van der Waals surface area contributed by atoms with E-state index in [4.69, 9.17) is 4.74 Å². The van der Waals surface area contributed by atoms with Crippen LogP contribution >= 0.6 is 0 Å². The molecule has 0 atom stereocenters. The first-order chi connectivity index (χ1) is 4.79. The van der Waals surface area contributed by atoms with E-state index in [0.717, 1.165) is 6.73 Å². The average Bonchev–Trinajstić information content (AvgIpc) is 2.76. The summed E-state index contributed by atoms with van der Waals surface area (Å²) in [4.78, 5) is 2.40. The molecule has 56 valence electrons. The van der Waals surface area contributed by atoms with Crippen LogP contribution in [-0.4, -0.2) is 29.8 Å². The van der Waals surface area contributed by atoms with Gasteiger partial charge in [0.15, 0.2) is 0 Å². The van der Waals surface area contributed by atoms with Crippen LogP contribution in [0.3, 0.4) is 0 Å². The second-order valence-corrected chi connectivity index (χ2v) is 4.00. The summed E-state index contributed by atoms with van der Waals surface area (Å²) in [5.41, 5.74) is 0.870. The van der Waals surface area contributed by atoms with E-state index in [-0.39, 0.29) is 0 Å². The highest BCUT2D eigenvalue weighted by Gasteiger charge is 2.71. The molecule has 0 bridgehead atoms. The number of hydrogen-bond donors (Lipinski definition) is 0. The van der Waals surface area contributed by atoms with Gasteiger partial charge in [-0.05, 0) is 32.7 Å². The van der Waals surface area contributed by atoms with E-state index >= 15 is 0 Å². The molecule has 3 fully saturated rings. The van der Waals surface area contributed by atoms with Crippen molar-refractivity contribution < 1.29 is 4.74 Å². The van der Waals surface area contributed by atoms with Gasteiger partial charge in [0, 0.05) is 0 Å². The van der Waals surface area contributed by atoms with Crippen LogP contribution < -0.4 is 0 Å². The van der Waals surface area contributed by atoms with E-state index in [2.05, 4.69) is 11.9 Å². The quantitative estimate of drug-likeness (QED) is 0.496. The van der Waals surface area contributed by atoms with E-state index in [1.165, 1.54) is 25.7 Å². The Morgan fingerprint density at radius 2 is 1.90 bits per heavy atom. The van der Waals surface area contributed by atoms with Crippen molar-refractivity contribution in [3.8, 4) is 0 Å². The Labute approximate surface area is 61.1 Å². The SMILES string of the molecule is CN1COC2(CC2)C12CC2. The number of rotatable bonds is 0. The van der Waals surface area contributed by atoms with Crippen LogP contribution in [0.4, 0.5) is 0 Å². The van der Waals surface area contributed by atoms with Crippen molar-refractivity contribution in [3.63, 3.8) is 0 Å². The van der Waals surface area contributed by atoms with Gasteiger partial charge in [0.2, 0.25) is 0 Å². The first kappa shape index (κ1) is 5.56. The molecule has 0 aromatic rings. The fraction of sp³-hybridized carbons (Fsp3) is 1.00. The van der Waals surface area contributed by atoms with Gasteiger partial charge in [-0.3, -0.25) is 4.90 Å². The highest BCUT2D eigenvalue weighted by molar-refractivity contribution is 5.25. The van der Waals surface area contributed by atoms with Crippen LogP contribution in [0.5, 0.6) is 0 Å². The van der Waals surface area contributed by atoms with Crippen LogP contribution in [-0.2, 0) is 4.74 Å². The first-order valence-corrected chi connectivity index (χ1v) is 4.14. The largest absolute Gasteiger partial charge is 0.358 e. The molecular formula is C8H13NO. The molecule has 0 aromatic heterocycles. The van der Waals surface area contributed by atoms with Crippen molar-refractivity contribution in [1.29, 1.82) is 0 Å². The summed E-state index contributed by atoms with van der Waals surface area (Å²) in [6.07, 6.45) is 5.39. The molecule has 0 N–H and O–H groups in total. The van der Waals surface area contributed by atoms with Crippen LogP contribution in [0.15, 0.2) is 0 Å². The number of nitrogens with zero attached hydrogens (tertiary/aromatic N) is 1. The molecule has 3 aliphatic rings. The molecule has 2 heteroatoms. The van der Waals surface area contributed by atoms with Crippen LogP contribution in [0.1, 0.15) is 25.7 Å². The Balaban J connectivity index is 2.00. The molecule has 10 heavy (non-hydrogen) atoms. The summed E-state index contributed by atoms with van der Waals surface area (Å²) in [5.74, 6) is 0. The highest BCUT2D eigenvalue weighted by atomic mass is 16.5. The lowest BCUT2D eigenvalue weighted by Crippen LogP contribution is -2.36. The highest BCUT2D eigenvalue weighted by Crippen LogP contribution is 2.65. The van der Waals surface area contributed by atoms with E-state index in [1.54, 1.807) is 0 Å². The molecule has 1 aliphatic heterocycles. The summed E-state index contributed by atoms with van der Waals surface area (Å²) in [5, 5.41) is 0. The molecule has 0 unspecified atom stereocenters. The van der Waals surface area contributed by atoms with Gasteiger partial charge in [-0.2, -0.15) is 0 Å². The predicted molar refractivity (Wildman–Crippen MR) is 37.6 cm³/mol. The number of ether oxygens (including phenoxy) is 1. The van der Waals surface area contributed by atoms with Gasteiger partial charge in [0.05, 0.1) is 11.1 Å². The zero-order chi connectivity index (χ0) is 6.82. The molecule has 2 nitrogen and oxygen atoms in total. The van der Waals surface area contributed by atoms with Crippen molar-refractivity contribution >= 4 is 0 Å². The summed E-state index contributed by atoms with van der Waals surface area (Å²) in [7, 11) is 2.19. The van der Waals surface area contributed by atoms with Crippen LogP contribution in [0.25, 0.3) is 0 Å². The average molecular weight is 139 g/mol. The van der Waals surface area contributed by atoms with Crippen LogP contribution in [0.2, 0.25) is 0 Å². The Bertz CT molecular complexity index is 182. The van der Waals surface area contributed by atoms with Gasteiger partial charge >= 0.3 is 0 Å². The van der Waals surface area contributed by atoms with Crippen molar-refractivity contribution in [1.82, 2.24) is 4.90 Å². The van der Waals surface area contributed by atoms with Gasteiger partial charge in [-0.1, -0.05) is 0 Å². The summed E-state index contributed by atoms with van der Waals surface area (Å²) < 4.78 is 5.77. The zero-order valence-electron chi connectivity index (χ0n) is 6.39. The molecule has 0 aromatic carbocycles. The smallest absolute Gasteiger partial charge is 0.100 e. The number of likely N-dealkylation sites (N-methyl/N-ethyl adjacent to an activating group) is 1. The van der Waals surface area contributed by atoms with Gasteiger partial charge in [0.25, 0.3) is 0 Å². The molecule has 3 rings (SSSR count). The third-order valence-corrected chi connectivity index (χ3v) is 3.54. The topological polar surface area (TPSA) is 12.5 Å². The Kier molecular flexibility index (Phi) is 0.710.